The van der Waals surface area contributed by atoms with Crippen LogP contribution in [0.25, 0.3) is 0 Å². The first-order valence-corrected chi connectivity index (χ1v) is 7.97. The summed E-state index contributed by atoms with van der Waals surface area (Å²) in [6.45, 7) is 2.09. The number of methoxy groups -OCH3 is 1. The molecule has 1 amide bonds. The highest BCUT2D eigenvalue weighted by atomic mass is 19.1. The number of nitrogens with zero attached hydrogens (tertiary/aromatic N) is 1. The molecule has 1 aliphatic carbocycles. The Kier molecular flexibility index (Phi) is 4.45. The van der Waals surface area contributed by atoms with Crippen LogP contribution in [0, 0.1) is 5.82 Å². The van der Waals surface area contributed by atoms with Crippen LogP contribution in [0.4, 0.5) is 10.1 Å². The molecule has 4 nitrogen and oxygen atoms in total. The van der Waals surface area contributed by atoms with Gasteiger partial charge in [-0.2, -0.15) is 0 Å². The van der Waals surface area contributed by atoms with Gasteiger partial charge >= 0.3 is 0 Å². The Hall–Kier alpha value is -1.46. The van der Waals surface area contributed by atoms with Crippen molar-refractivity contribution in [3.05, 3.63) is 29.6 Å². The fourth-order valence-electron chi connectivity index (χ4n) is 3.88. The number of anilines is 1. The maximum absolute atomic E-state index is 14.4. The number of fused-ring (bicyclic) bond motifs is 2. The Morgan fingerprint density at radius 2 is 2.18 bits per heavy atom. The maximum Gasteiger partial charge on any atom is 0.240 e. The summed E-state index contributed by atoms with van der Waals surface area (Å²) in [4.78, 5) is 14.3. The van der Waals surface area contributed by atoms with Gasteiger partial charge in [0.15, 0.2) is 0 Å². The Labute approximate surface area is 130 Å². The highest BCUT2D eigenvalue weighted by Crippen LogP contribution is 2.51. The van der Waals surface area contributed by atoms with Gasteiger partial charge < -0.3 is 15.0 Å². The van der Waals surface area contributed by atoms with Crippen molar-refractivity contribution < 1.29 is 13.9 Å². The van der Waals surface area contributed by atoms with E-state index in [1.54, 1.807) is 18.1 Å². The minimum atomic E-state index is -0.165. The molecule has 2 aliphatic rings. The Balaban J connectivity index is 1.80. The van der Waals surface area contributed by atoms with E-state index in [4.69, 9.17) is 4.74 Å². The summed E-state index contributed by atoms with van der Waals surface area (Å²) >= 11 is 0. The standard InChI is InChI=1S/C17H23FN2O2/c1-22-10-9-19-11-15(21)20-12-17(7-2-3-8-17)16-13(18)5-4-6-14(16)20/h4-6,19H,2-3,7-12H2,1H3. The molecule has 3 rings (SSSR count). The number of rotatable bonds is 5. The first kappa shape index (κ1) is 15.4. The Morgan fingerprint density at radius 3 is 2.91 bits per heavy atom. The third kappa shape index (κ3) is 2.63. The zero-order chi connectivity index (χ0) is 15.6. The van der Waals surface area contributed by atoms with E-state index in [9.17, 15) is 9.18 Å². The van der Waals surface area contributed by atoms with Crippen molar-refractivity contribution in [2.24, 2.45) is 0 Å². The molecule has 0 radical (unpaired) electrons. The largest absolute Gasteiger partial charge is 0.383 e. The zero-order valence-corrected chi connectivity index (χ0v) is 13.0. The van der Waals surface area contributed by atoms with Gasteiger partial charge in [-0.15, -0.1) is 0 Å². The molecule has 1 fully saturated rings. The predicted molar refractivity (Wildman–Crippen MR) is 83.6 cm³/mol. The van der Waals surface area contributed by atoms with Gasteiger partial charge in [0.2, 0.25) is 5.91 Å². The van der Waals surface area contributed by atoms with Gasteiger partial charge in [0.05, 0.1) is 18.8 Å². The molecule has 1 aromatic rings. The lowest BCUT2D eigenvalue weighted by Gasteiger charge is -2.25. The van der Waals surface area contributed by atoms with E-state index >= 15 is 0 Å². The van der Waals surface area contributed by atoms with Crippen molar-refractivity contribution in [1.82, 2.24) is 5.32 Å². The lowest BCUT2D eigenvalue weighted by atomic mass is 9.80. The van der Waals surface area contributed by atoms with Crippen LogP contribution in [0.15, 0.2) is 18.2 Å². The van der Waals surface area contributed by atoms with Crippen molar-refractivity contribution >= 4 is 11.6 Å². The van der Waals surface area contributed by atoms with E-state index in [-0.39, 0.29) is 23.7 Å². The van der Waals surface area contributed by atoms with Crippen LogP contribution in [-0.4, -0.2) is 39.3 Å². The van der Waals surface area contributed by atoms with Gasteiger partial charge in [0.25, 0.3) is 0 Å². The second-order valence-electron chi connectivity index (χ2n) is 6.27. The second-order valence-corrected chi connectivity index (χ2v) is 6.27. The average molecular weight is 306 g/mol. The molecule has 0 unspecified atom stereocenters. The van der Waals surface area contributed by atoms with Crippen LogP contribution in [0.2, 0.25) is 0 Å². The van der Waals surface area contributed by atoms with Crippen molar-refractivity contribution in [2.75, 3.05) is 38.3 Å². The number of hydrogen-bond donors (Lipinski definition) is 1. The minimum absolute atomic E-state index is 0.00623. The average Bonchev–Trinajstić information content (AvgIpc) is 3.11. The van der Waals surface area contributed by atoms with Crippen LogP contribution < -0.4 is 10.2 Å². The van der Waals surface area contributed by atoms with Crippen molar-refractivity contribution in [1.29, 1.82) is 0 Å². The fraction of sp³-hybridized carbons (Fsp3) is 0.588. The number of amides is 1. The van der Waals surface area contributed by atoms with Crippen LogP contribution >= 0.6 is 0 Å². The first-order chi connectivity index (χ1) is 10.7. The summed E-state index contributed by atoms with van der Waals surface area (Å²) < 4.78 is 19.4. The molecule has 1 saturated carbocycles. The second kappa shape index (κ2) is 6.34. The SMILES string of the molecule is COCCNCC(=O)N1CC2(CCCC2)c2c(F)cccc21. The van der Waals surface area contributed by atoms with E-state index in [0.29, 0.717) is 19.7 Å². The lowest BCUT2D eigenvalue weighted by Crippen LogP contribution is -2.41. The number of hydrogen-bond acceptors (Lipinski definition) is 3. The summed E-state index contributed by atoms with van der Waals surface area (Å²) in [5, 5.41) is 3.08. The van der Waals surface area contributed by atoms with Crippen molar-refractivity contribution in [2.45, 2.75) is 31.1 Å². The molecule has 0 saturated heterocycles. The summed E-state index contributed by atoms with van der Waals surface area (Å²) in [7, 11) is 1.63. The molecule has 1 aliphatic heterocycles. The smallest absolute Gasteiger partial charge is 0.240 e. The van der Waals surface area contributed by atoms with E-state index < -0.39 is 0 Å². The van der Waals surface area contributed by atoms with Gasteiger partial charge in [0.1, 0.15) is 5.82 Å². The molecule has 120 valence electrons. The van der Waals surface area contributed by atoms with Gasteiger partial charge in [-0.05, 0) is 25.0 Å². The monoisotopic (exact) mass is 306 g/mol. The van der Waals surface area contributed by atoms with E-state index in [1.807, 2.05) is 6.07 Å². The number of nitrogens with one attached hydrogen (secondary N) is 1. The molecule has 0 aromatic heterocycles. The van der Waals surface area contributed by atoms with Gasteiger partial charge in [-0.1, -0.05) is 18.9 Å². The summed E-state index contributed by atoms with van der Waals surface area (Å²) in [6, 6.07) is 5.09. The zero-order valence-electron chi connectivity index (χ0n) is 13.0. The third-order valence-electron chi connectivity index (χ3n) is 4.89. The number of halogens is 1. The lowest BCUT2D eigenvalue weighted by molar-refractivity contribution is -0.117. The van der Waals surface area contributed by atoms with Crippen molar-refractivity contribution in [3.8, 4) is 0 Å². The van der Waals surface area contributed by atoms with Crippen LogP contribution in [0.3, 0.4) is 0 Å². The van der Waals surface area contributed by atoms with Crippen LogP contribution in [0.5, 0.6) is 0 Å². The van der Waals surface area contributed by atoms with E-state index in [1.165, 1.54) is 6.07 Å². The van der Waals surface area contributed by atoms with Gasteiger partial charge in [-0.3, -0.25) is 4.79 Å². The number of ether oxygens (including phenoxy) is 1. The first-order valence-electron chi connectivity index (χ1n) is 7.97. The van der Waals surface area contributed by atoms with Gasteiger partial charge in [-0.25, -0.2) is 4.39 Å². The molecule has 1 heterocycles. The number of benzene rings is 1. The topological polar surface area (TPSA) is 41.6 Å². The van der Waals surface area contributed by atoms with Crippen molar-refractivity contribution in [3.63, 3.8) is 0 Å². The van der Waals surface area contributed by atoms with Gasteiger partial charge in [0, 0.05) is 31.2 Å². The summed E-state index contributed by atoms with van der Waals surface area (Å²) in [5.41, 5.74) is 1.36. The quantitative estimate of drug-likeness (QED) is 0.848. The normalized spacial score (nSPS) is 18.9. The molecule has 22 heavy (non-hydrogen) atoms. The third-order valence-corrected chi connectivity index (χ3v) is 4.89. The molecule has 0 bridgehead atoms. The Morgan fingerprint density at radius 1 is 1.41 bits per heavy atom. The van der Waals surface area contributed by atoms with Crippen LogP contribution in [-0.2, 0) is 14.9 Å². The highest BCUT2D eigenvalue weighted by Gasteiger charge is 2.47. The molecule has 5 heteroatoms. The highest BCUT2D eigenvalue weighted by molar-refractivity contribution is 5.97. The molecule has 1 N–H and O–H groups in total. The van der Waals surface area contributed by atoms with E-state index in [2.05, 4.69) is 5.32 Å². The molecular formula is C17H23FN2O2. The molecular weight excluding hydrogens is 283 g/mol. The summed E-state index contributed by atoms with van der Waals surface area (Å²) in [5.74, 6) is -0.159. The molecule has 1 aromatic carbocycles. The minimum Gasteiger partial charge on any atom is -0.383 e. The number of carbonyl (C=O) groups excluding carboxylic acids is 1. The predicted octanol–water partition coefficient (Wildman–Crippen LogP) is 2.22. The summed E-state index contributed by atoms with van der Waals surface area (Å²) in [6.07, 6.45) is 4.17. The maximum atomic E-state index is 14.4. The molecule has 1 spiro atoms. The molecule has 0 atom stereocenters. The van der Waals surface area contributed by atoms with E-state index in [0.717, 1.165) is 36.9 Å². The van der Waals surface area contributed by atoms with Crippen LogP contribution in [0.1, 0.15) is 31.2 Å². The Bertz CT molecular complexity index is 556. The fourth-order valence-corrected chi connectivity index (χ4v) is 3.88. The number of carbonyl (C=O) groups is 1.